The van der Waals surface area contributed by atoms with Crippen molar-refractivity contribution in [3.63, 3.8) is 0 Å². The average molecular weight is 430 g/mol. The Labute approximate surface area is 188 Å². The van der Waals surface area contributed by atoms with E-state index in [1.54, 1.807) is 4.68 Å². The van der Waals surface area contributed by atoms with Crippen molar-refractivity contribution in [3.8, 4) is 0 Å². The largest absolute Gasteiger partial charge is 0.336 e. The topological polar surface area (TPSA) is 44.6 Å². The van der Waals surface area contributed by atoms with Gasteiger partial charge in [0.15, 0.2) is 0 Å². The van der Waals surface area contributed by atoms with Crippen LogP contribution < -0.4 is 0 Å². The average Bonchev–Trinajstić information content (AvgIpc) is 3.47. The molecule has 0 bridgehead atoms. The minimum atomic E-state index is 0.171. The van der Waals surface area contributed by atoms with Crippen LogP contribution in [0.25, 0.3) is 0 Å². The molecule has 1 atom stereocenters. The van der Waals surface area contributed by atoms with Crippen molar-refractivity contribution < 1.29 is 4.79 Å². The van der Waals surface area contributed by atoms with Gasteiger partial charge in [0.05, 0.1) is 5.69 Å². The second kappa shape index (κ2) is 11.0. The summed E-state index contributed by atoms with van der Waals surface area (Å²) >= 11 is 0. The zero-order valence-electron chi connectivity index (χ0n) is 19.9. The van der Waals surface area contributed by atoms with Gasteiger partial charge >= 0.3 is 0 Å². The molecule has 2 aliphatic heterocycles. The molecule has 0 aromatic carbocycles. The number of amides is 1. The lowest BCUT2D eigenvalue weighted by Crippen LogP contribution is -2.48. The lowest BCUT2D eigenvalue weighted by Gasteiger charge is -2.39. The summed E-state index contributed by atoms with van der Waals surface area (Å²) in [5, 5.41) is 4.54. The highest BCUT2D eigenvalue weighted by molar-refractivity contribution is 5.92. The Kier molecular flexibility index (Phi) is 8.05. The van der Waals surface area contributed by atoms with Crippen molar-refractivity contribution >= 4 is 5.91 Å². The van der Waals surface area contributed by atoms with Gasteiger partial charge in [0.25, 0.3) is 5.91 Å². The molecule has 1 unspecified atom stereocenters. The maximum atomic E-state index is 13.6. The van der Waals surface area contributed by atoms with E-state index in [0.29, 0.717) is 5.92 Å². The fourth-order valence-corrected chi connectivity index (χ4v) is 5.94. The fourth-order valence-electron chi connectivity index (χ4n) is 5.94. The van der Waals surface area contributed by atoms with Crippen LogP contribution in [0.5, 0.6) is 0 Å². The van der Waals surface area contributed by atoms with Crippen LogP contribution in [0.4, 0.5) is 0 Å². The third-order valence-electron chi connectivity index (χ3n) is 7.80. The first-order valence-corrected chi connectivity index (χ1v) is 12.9. The Morgan fingerprint density at radius 1 is 1.06 bits per heavy atom. The van der Waals surface area contributed by atoms with Gasteiger partial charge in [-0.05, 0) is 76.6 Å². The number of carbonyl (C=O) groups is 1. The zero-order chi connectivity index (χ0) is 21.6. The molecule has 3 fully saturated rings. The Morgan fingerprint density at radius 3 is 2.55 bits per heavy atom. The van der Waals surface area contributed by atoms with Crippen LogP contribution in [-0.4, -0.2) is 82.2 Å². The molecule has 1 amide bonds. The Balaban J connectivity index is 1.43. The summed E-state index contributed by atoms with van der Waals surface area (Å²) in [5.74, 6) is 0.767. The van der Waals surface area contributed by atoms with Crippen molar-refractivity contribution in [2.75, 3.05) is 45.8 Å². The van der Waals surface area contributed by atoms with Crippen LogP contribution in [-0.2, 0) is 13.5 Å². The van der Waals surface area contributed by atoms with E-state index in [4.69, 9.17) is 0 Å². The lowest BCUT2D eigenvalue weighted by molar-refractivity contribution is 0.0600. The predicted octanol–water partition coefficient (Wildman–Crippen LogP) is 3.57. The van der Waals surface area contributed by atoms with E-state index in [1.807, 2.05) is 13.1 Å². The van der Waals surface area contributed by atoms with Gasteiger partial charge in [-0.1, -0.05) is 26.2 Å². The molecule has 4 rings (SSSR count). The monoisotopic (exact) mass is 429 g/mol. The quantitative estimate of drug-likeness (QED) is 0.634. The molecule has 3 heterocycles. The van der Waals surface area contributed by atoms with Crippen LogP contribution in [0.3, 0.4) is 0 Å². The number of carbonyl (C=O) groups excluding carboxylic acids is 1. The van der Waals surface area contributed by atoms with E-state index in [1.165, 1.54) is 84.0 Å². The number of likely N-dealkylation sites (tertiary alicyclic amines) is 2. The molecule has 1 aliphatic carbocycles. The third kappa shape index (κ3) is 5.89. The molecule has 0 spiro atoms. The van der Waals surface area contributed by atoms with Gasteiger partial charge in [0.1, 0.15) is 5.69 Å². The van der Waals surface area contributed by atoms with E-state index in [9.17, 15) is 4.79 Å². The minimum absolute atomic E-state index is 0.171. The SMILES string of the molecule is CCc1cc(C(=O)N(CCN2CCCCC2)CC2CCCN(C3CCCC3)C2)n(C)n1. The zero-order valence-corrected chi connectivity index (χ0v) is 19.9. The van der Waals surface area contributed by atoms with Crippen molar-refractivity contribution in [2.45, 2.75) is 77.2 Å². The van der Waals surface area contributed by atoms with Crippen molar-refractivity contribution in [1.29, 1.82) is 0 Å². The van der Waals surface area contributed by atoms with E-state index in [-0.39, 0.29) is 5.91 Å². The number of aryl methyl sites for hydroxylation is 2. The van der Waals surface area contributed by atoms with Gasteiger partial charge in [-0.25, -0.2) is 0 Å². The summed E-state index contributed by atoms with van der Waals surface area (Å²) in [6.07, 6.45) is 12.9. The first kappa shape index (κ1) is 22.8. The number of piperidine rings is 2. The van der Waals surface area contributed by atoms with Gasteiger partial charge in [-0.15, -0.1) is 0 Å². The van der Waals surface area contributed by atoms with Gasteiger partial charge in [0.2, 0.25) is 0 Å². The molecule has 1 saturated carbocycles. The number of nitrogens with zero attached hydrogens (tertiary/aromatic N) is 5. The molecule has 6 heteroatoms. The molecule has 6 nitrogen and oxygen atoms in total. The van der Waals surface area contributed by atoms with Crippen LogP contribution in [0.15, 0.2) is 6.07 Å². The number of aromatic nitrogens is 2. The number of hydrogen-bond donors (Lipinski definition) is 0. The summed E-state index contributed by atoms with van der Waals surface area (Å²) in [6.45, 7) is 9.63. The van der Waals surface area contributed by atoms with Gasteiger partial charge in [0, 0.05) is 39.3 Å². The second-order valence-electron chi connectivity index (χ2n) is 10.1. The highest BCUT2D eigenvalue weighted by Gasteiger charge is 2.30. The molecule has 0 N–H and O–H groups in total. The summed E-state index contributed by atoms with van der Waals surface area (Å²) in [4.78, 5) is 21.1. The maximum absolute atomic E-state index is 13.6. The summed E-state index contributed by atoms with van der Waals surface area (Å²) in [6, 6.07) is 2.80. The van der Waals surface area contributed by atoms with E-state index in [0.717, 1.165) is 43.5 Å². The highest BCUT2D eigenvalue weighted by atomic mass is 16.2. The Bertz CT molecular complexity index is 705. The highest BCUT2D eigenvalue weighted by Crippen LogP contribution is 2.28. The molecule has 1 aromatic rings. The normalized spacial score (nSPS) is 24.0. The molecular weight excluding hydrogens is 386 g/mol. The fraction of sp³-hybridized carbons (Fsp3) is 0.840. The number of rotatable bonds is 8. The van der Waals surface area contributed by atoms with Gasteiger partial charge in [-0.3, -0.25) is 9.48 Å². The maximum Gasteiger partial charge on any atom is 0.272 e. The lowest BCUT2D eigenvalue weighted by atomic mass is 9.95. The molecule has 2 saturated heterocycles. The number of hydrogen-bond acceptors (Lipinski definition) is 4. The van der Waals surface area contributed by atoms with Gasteiger partial charge in [-0.2, -0.15) is 5.10 Å². The predicted molar refractivity (Wildman–Crippen MR) is 125 cm³/mol. The van der Waals surface area contributed by atoms with Crippen molar-refractivity contribution in [3.05, 3.63) is 17.5 Å². The molecule has 1 aromatic heterocycles. The van der Waals surface area contributed by atoms with Crippen LogP contribution in [0.1, 0.15) is 80.9 Å². The van der Waals surface area contributed by atoms with E-state index < -0.39 is 0 Å². The standard InChI is InChI=1S/C25H43N5O/c1-3-22-18-24(27(2)26-22)25(31)30(17-16-28-13-7-4-8-14-28)20-21-10-9-15-29(19-21)23-11-5-6-12-23/h18,21,23H,3-17,19-20H2,1-2H3. The minimum Gasteiger partial charge on any atom is -0.336 e. The first-order chi connectivity index (χ1) is 15.1. The first-order valence-electron chi connectivity index (χ1n) is 12.9. The molecule has 174 valence electrons. The summed E-state index contributed by atoms with van der Waals surface area (Å²) in [7, 11) is 1.91. The Morgan fingerprint density at radius 2 is 1.84 bits per heavy atom. The van der Waals surface area contributed by atoms with E-state index >= 15 is 0 Å². The van der Waals surface area contributed by atoms with Crippen molar-refractivity contribution in [1.82, 2.24) is 24.5 Å². The van der Waals surface area contributed by atoms with Crippen molar-refractivity contribution in [2.24, 2.45) is 13.0 Å². The summed E-state index contributed by atoms with van der Waals surface area (Å²) in [5.41, 5.74) is 1.76. The molecule has 31 heavy (non-hydrogen) atoms. The molecule has 3 aliphatic rings. The van der Waals surface area contributed by atoms with Gasteiger partial charge < -0.3 is 14.7 Å². The third-order valence-corrected chi connectivity index (χ3v) is 7.80. The van der Waals surface area contributed by atoms with Crippen LogP contribution in [0, 0.1) is 5.92 Å². The smallest absolute Gasteiger partial charge is 0.272 e. The van der Waals surface area contributed by atoms with Crippen LogP contribution in [0.2, 0.25) is 0 Å². The Hall–Kier alpha value is -1.40. The molecule has 0 radical (unpaired) electrons. The van der Waals surface area contributed by atoms with Crippen LogP contribution >= 0.6 is 0 Å². The van der Waals surface area contributed by atoms with E-state index in [2.05, 4.69) is 26.7 Å². The molecular formula is C25H43N5O. The summed E-state index contributed by atoms with van der Waals surface area (Å²) < 4.78 is 1.79. The second-order valence-corrected chi connectivity index (χ2v) is 10.1.